The van der Waals surface area contributed by atoms with Gasteiger partial charge in [0.25, 0.3) is 0 Å². The quantitative estimate of drug-likeness (QED) is 0.540. The molecule has 1 heterocycles. The topological polar surface area (TPSA) is 71.0 Å². The Balaban J connectivity index is 2.58. The Morgan fingerprint density at radius 3 is 2.33 bits per heavy atom. The van der Waals surface area contributed by atoms with Gasteiger partial charge in [-0.2, -0.15) is 0 Å². The van der Waals surface area contributed by atoms with Gasteiger partial charge in [-0.15, -0.1) is 0 Å². The van der Waals surface area contributed by atoms with Crippen LogP contribution in [-0.2, 0) is 9.84 Å². The number of hydrogen-bond acceptors (Lipinski definition) is 3. The first-order chi connectivity index (χ1) is 5.41. The molecule has 0 radical (unpaired) electrons. The van der Waals surface area contributed by atoms with Crippen LogP contribution in [0.25, 0.3) is 0 Å². The van der Waals surface area contributed by atoms with E-state index in [0.717, 1.165) is 0 Å². The van der Waals surface area contributed by atoms with Crippen LogP contribution in [0.1, 0.15) is 13.8 Å². The second kappa shape index (κ2) is 3.32. The lowest BCUT2D eigenvalue weighted by atomic mass is 10.2. The summed E-state index contributed by atoms with van der Waals surface area (Å²) in [6.07, 6.45) is -0.683. The van der Waals surface area contributed by atoms with E-state index in [1.54, 1.807) is 0 Å². The summed E-state index contributed by atoms with van der Waals surface area (Å²) in [5.41, 5.74) is 0. The maximum Gasteiger partial charge on any atom is 0.159 e. The molecular weight excluding hydrogens is 178 g/mol. The van der Waals surface area contributed by atoms with Crippen LogP contribution in [0.3, 0.4) is 0 Å². The molecule has 0 saturated carbocycles. The summed E-state index contributed by atoms with van der Waals surface area (Å²) in [7, 11) is -2.97. The minimum atomic E-state index is -2.97. The van der Waals surface area contributed by atoms with Crippen molar-refractivity contribution in [2.75, 3.05) is 11.5 Å². The predicted molar refractivity (Wildman–Crippen MR) is 45.5 cm³/mol. The highest BCUT2D eigenvalue weighted by Gasteiger charge is 2.39. The first-order valence-corrected chi connectivity index (χ1v) is 5.96. The average Bonchev–Trinajstić information content (AvgIpc) is 2.03. The van der Waals surface area contributed by atoms with Gasteiger partial charge in [0, 0.05) is 0 Å². The van der Waals surface area contributed by atoms with Gasteiger partial charge >= 0.3 is 0 Å². The second-order valence-corrected chi connectivity index (χ2v) is 5.90. The van der Waals surface area contributed by atoms with Gasteiger partial charge in [0.15, 0.2) is 9.84 Å². The van der Waals surface area contributed by atoms with Gasteiger partial charge < -0.3 is 10.4 Å². The number of aliphatic hydroxyl groups excluding tert-OH is 1. The summed E-state index contributed by atoms with van der Waals surface area (Å²) in [5, 5.41) is 11.3. The first kappa shape index (κ1) is 9.95. The van der Waals surface area contributed by atoms with Crippen LogP contribution in [0.4, 0.5) is 0 Å². The Morgan fingerprint density at radius 2 is 2.00 bits per heavy atom. The van der Waals surface area contributed by atoms with Gasteiger partial charge in [-0.3, -0.25) is 0 Å². The Bertz CT molecular complexity index is 247. The van der Waals surface area contributed by atoms with Crippen LogP contribution in [0.2, 0.25) is 0 Å². The van der Waals surface area contributed by atoms with Crippen molar-refractivity contribution in [2.24, 2.45) is 0 Å². The van der Waals surface area contributed by atoms with E-state index in [-0.39, 0.29) is 17.5 Å². The van der Waals surface area contributed by atoms with Gasteiger partial charge in [0.05, 0.1) is 11.8 Å². The summed E-state index contributed by atoms with van der Waals surface area (Å²) in [5.74, 6) is 0.0488. The molecular formula is C7H16NO3S+. The number of nitrogens with two attached hydrogens (primary N) is 1. The van der Waals surface area contributed by atoms with Crippen LogP contribution < -0.4 is 5.32 Å². The first-order valence-electron chi connectivity index (χ1n) is 4.14. The molecule has 0 aromatic heterocycles. The number of aliphatic hydroxyl groups is 1. The molecule has 0 spiro atoms. The van der Waals surface area contributed by atoms with Crippen LogP contribution in [0.15, 0.2) is 0 Å². The molecule has 0 bridgehead atoms. The van der Waals surface area contributed by atoms with Crippen molar-refractivity contribution in [1.82, 2.24) is 0 Å². The van der Waals surface area contributed by atoms with Crippen molar-refractivity contribution in [2.45, 2.75) is 32.0 Å². The molecule has 3 N–H and O–H groups in total. The number of hydrogen-bond donors (Lipinski definition) is 2. The van der Waals surface area contributed by atoms with Gasteiger partial charge in [-0.05, 0) is 13.8 Å². The fourth-order valence-electron chi connectivity index (χ4n) is 1.53. The largest absolute Gasteiger partial charge is 0.386 e. The predicted octanol–water partition coefficient (Wildman–Crippen LogP) is -1.88. The monoisotopic (exact) mass is 194 g/mol. The minimum absolute atomic E-state index is 0.0686. The summed E-state index contributed by atoms with van der Waals surface area (Å²) in [6.45, 7) is 3.97. The summed E-state index contributed by atoms with van der Waals surface area (Å²) in [4.78, 5) is 0. The zero-order chi connectivity index (χ0) is 9.35. The van der Waals surface area contributed by atoms with Crippen molar-refractivity contribution in [3.63, 3.8) is 0 Å². The molecule has 5 heteroatoms. The van der Waals surface area contributed by atoms with Crippen LogP contribution in [0, 0.1) is 0 Å². The van der Waals surface area contributed by atoms with Crippen LogP contribution >= 0.6 is 0 Å². The van der Waals surface area contributed by atoms with Crippen LogP contribution in [-0.4, -0.2) is 43.2 Å². The van der Waals surface area contributed by atoms with E-state index in [2.05, 4.69) is 0 Å². The van der Waals surface area contributed by atoms with Gasteiger partial charge in [0.2, 0.25) is 0 Å². The van der Waals surface area contributed by atoms with Gasteiger partial charge in [-0.1, -0.05) is 0 Å². The molecule has 12 heavy (non-hydrogen) atoms. The molecule has 1 aliphatic heterocycles. The van der Waals surface area contributed by atoms with E-state index in [0.29, 0.717) is 6.04 Å². The van der Waals surface area contributed by atoms with Crippen molar-refractivity contribution < 1.29 is 18.8 Å². The molecule has 0 aliphatic carbocycles. The molecule has 0 aromatic carbocycles. The van der Waals surface area contributed by atoms with Gasteiger partial charge in [-0.25, -0.2) is 8.42 Å². The Hall–Kier alpha value is -0.130. The SMILES string of the molecule is CC(C)[NH2+][C@@H]1CS(=O)(=O)C[C@@H]1O. The maximum absolute atomic E-state index is 11.1. The number of rotatable bonds is 2. The average molecular weight is 194 g/mol. The zero-order valence-electron chi connectivity index (χ0n) is 7.40. The fourth-order valence-corrected chi connectivity index (χ4v) is 3.36. The molecule has 0 unspecified atom stereocenters. The van der Waals surface area contributed by atoms with E-state index >= 15 is 0 Å². The van der Waals surface area contributed by atoms with Crippen molar-refractivity contribution in [1.29, 1.82) is 0 Å². The molecule has 72 valence electrons. The van der Waals surface area contributed by atoms with E-state index in [1.807, 2.05) is 19.2 Å². The fraction of sp³-hybridized carbons (Fsp3) is 1.00. The third kappa shape index (κ3) is 2.43. The molecule has 1 aliphatic rings. The summed E-state index contributed by atoms with van der Waals surface area (Å²) < 4.78 is 22.1. The molecule has 4 nitrogen and oxygen atoms in total. The molecule has 2 atom stereocenters. The lowest BCUT2D eigenvalue weighted by Gasteiger charge is -2.13. The smallest absolute Gasteiger partial charge is 0.159 e. The molecule has 1 saturated heterocycles. The highest BCUT2D eigenvalue weighted by molar-refractivity contribution is 7.91. The van der Waals surface area contributed by atoms with Crippen molar-refractivity contribution in [3.05, 3.63) is 0 Å². The van der Waals surface area contributed by atoms with Crippen molar-refractivity contribution in [3.8, 4) is 0 Å². The standard InChI is InChI=1S/C7H15NO3S/c1-5(2)8-6-3-12(10,11)4-7(6)9/h5-9H,3-4H2,1-2H3/p+1/t6-,7+/m1/s1. The molecule has 0 amide bonds. The summed E-state index contributed by atoms with van der Waals surface area (Å²) in [6, 6.07) is 0.174. The van der Waals surface area contributed by atoms with E-state index < -0.39 is 15.9 Å². The molecule has 0 aromatic rings. The minimum Gasteiger partial charge on any atom is -0.386 e. The number of quaternary nitrogens is 1. The molecule has 1 rings (SSSR count). The lowest BCUT2D eigenvalue weighted by Crippen LogP contribution is -2.96. The Morgan fingerprint density at radius 1 is 1.42 bits per heavy atom. The van der Waals surface area contributed by atoms with E-state index in [4.69, 9.17) is 0 Å². The van der Waals surface area contributed by atoms with E-state index in [9.17, 15) is 13.5 Å². The van der Waals surface area contributed by atoms with E-state index in [1.165, 1.54) is 0 Å². The zero-order valence-corrected chi connectivity index (χ0v) is 8.21. The third-order valence-electron chi connectivity index (χ3n) is 2.00. The number of sulfone groups is 1. The highest BCUT2D eigenvalue weighted by atomic mass is 32.2. The Labute approximate surface area is 72.9 Å². The normalized spacial score (nSPS) is 34.3. The molecule has 1 fully saturated rings. The Kier molecular flexibility index (Phi) is 2.75. The van der Waals surface area contributed by atoms with Gasteiger partial charge in [0.1, 0.15) is 17.9 Å². The van der Waals surface area contributed by atoms with Crippen molar-refractivity contribution >= 4 is 9.84 Å². The maximum atomic E-state index is 11.1. The second-order valence-electron chi connectivity index (χ2n) is 3.74. The lowest BCUT2D eigenvalue weighted by molar-refractivity contribution is -0.716. The van der Waals surface area contributed by atoms with Crippen LogP contribution in [0.5, 0.6) is 0 Å². The third-order valence-corrected chi connectivity index (χ3v) is 3.74. The highest BCUT2D eigenvalue weighted by Crippen LogP contribution is 2.09. The summed E-state index contributed by atoms with van der Waals surface area (Å²) >= 11 is 0.